The van der Waals surface area contributed by atoms with Crippen LogP contribution in [0.15, 0.2) is 41.3 Å². The van der Waals surface area contributed by atoms with Gasteiger partial charge in [0, 0.05) is 18.8 Å². The molecule has 1 saturated heterocycles. The number of nitrogens with one attached hydrogen (secondary N) is 1. The first-order valence-corrected chi connectivity index (χ1v) is 10.4. The number of rotatable bonds is 5. The fourth-order valence-electron chi connectivity index (χ4n) is 3.01. The molecule has 0 atom stereocenters. The molecule has 2 aromatic carbocycles. The molecule has 2 aromatic rings. The van der Waals surface area contributed by atoms with Crippen LogP contribution in [0.5, 0.6) is 0 Å². The molecule has 0 radical (unpaired) electrons. The summed E-state index contributed by atoms with van der Waals surface area (Å²) >= 11 is 0. The molecule has 1 fully saturated rings. The van der Waals surface area contributed by atoms with Gasteiger partial charge in [0.1, 0.15) is 10.7 Å². The lowest BCUT2D eigenvalue weighted by atomic mass is 10.0. The Labute approximate surface area is 164 Å². The molecule has 0 unspecified atom stereocenters. The normalized spacial score (nSPS) is 15.4. The molecular weight excluding hydrogens is 383 g/mol. The Balaban J connectivity index is 1.77. The predicted octanol–water partition coefficient (Wildman–Crippen LogP) is 2.64. The van der Waals surface area contributed by atoms with Gasteiger partial charge in [0.25, 0.3) is 0 Å². The highest BCUT2D eigenvalue weighted by molar-refractivity contribution is 7.89. The van der Waals surface area contributed by atoms with Crippen LogP contribution in [0.25, 0.3) is 0 Å². The van der Waals surface area contributed by atoms with E-state index in [2.05, 4.69) is 5.32 Å². The molecule has 0 saturated carbocycles. The number of carbonyl (C=O) groups excluding carboxylic acids is 1. The van der Waals surface area contributed by atoms with Crippen molar-refractivity contribution >= 4 is 21.6 Å². The Hall–Kier alpha value is -2.29. The van der Waals surface area contributed by atoms with Crippen LogP contribution < -0.4 is 5.32 Å². The molecule has 1 aliphatic heterocycles. The van der Waals surface area contributed by atoms with E-state index in [0.717, 1.165) is 22.8 Å². The van der Waals surface area contributed by atoms with Gasteiger partial charge in [-0.25, -0.2) is 12.8 Å². The summed E-state index contributed by atoms with van der Waals surface area (Å²) in [7, 11) is -3.99. The van der Waals surface area contributed by atoms with Gasteiger partial charge in [0.05, 0.1) is 19.6 Å². The Morgan fingerprint density at radius 1 is 1.11 bits per heavy atom. The maximum atomic E-state index is 14.2. The summed E-state index contributed by atoms with van der Waals surface area (Å²) in [4.78, 5) is 11.9. The van der Waals surface area contributed by atoms with Gasteiger partial charge in [0.2, 0.25) is 15.9 Å². The molecule has 0 bridgehead atoms. The monoisotopic (exact) mass is 406 g/mol. The summed E-state index contributed by atoms with van der Waals surface area (Å²) in [6, 6.07) is 9.33. The number of aryl methyl sites for hydroxylation is 2. The first kappa shape index (κ1) is 20.4. The largest absolute Gasteiger partial charge is 0.379 e. The van der Waals surface area contributed by atoms with Crippen molar-refractivity contribution < 1.29 is 22.3 Å². The van der Waals surface area contributed by atoms with Crippen molar-refractivity contribution in [3.8, 4) is 0 Å². The molecule has 0 spiro atoms. The lowest BCUT2D eigenvalue weighted by Gasteiger charge is -2.26. The van der Waals surface area contributed by atoms with Crippen LogP contribution in [0.3, 0.4) is 0 Å². The summed E-state index contributed by atoms with van der Waals surface area (Å²) in [6.45, 7) is 4.85. The minimum absolute atomic E-state index is 0.143. The molecule has 3 rings (SSSR count). The fraction of sp³-hybridized carbons (Fsp3) is 0.350. The van der Waals surface area contributed by atoms with Gasteiger partial charge in [-0.05, 0) is 48.7 Å². The number of amides is 1. The average molecular weight is 406 g/mol. The van der Waals surface area contributed by atoms with E-state index in [-0.39, 0.29) is 44.3 Å². The number of carbonyl (C=O) groups is 1. The SMILES string of the molecule is Cc1ccc(CC(=O)Nc2ccc(F)c(S(=O)(=O)N3CCOCC3)c2)cc1C. The van der Waals surface area contributed by atoms with Crippen LogP contribution >= 0.6 is 0 Å². The zero-order valence-corrected chi connectivity index (χ0v) is 16.7. The smallest absolute Gasteiger partial charge is 0.246 e. The zero-order chi connectivity index (χ0) is 20.3. The van der Waals surface area contributed by atoms with Crippen LogP contribution in [-0.4, -0.2) is 44.9 Å². The molecule has 1 aliphatic rings. The predicted molar refractivity (Wildman–Crippen MR) is 104 cm³/mol. The summed E-state index contributed by atoms with van der Waals surface area (Å²) in [5.74, 6) is -1.15. The van der Waals surface area contributed by atoms with Crippen LogP contribution in [0.1, 0.15) is 16.7 Å². The highest BCUT2D eigenvalue weighted by atomic mass is 32.2. The number of morpholine rings is 1. The van der Waals surface area contributed by atoms with E-state index in [4.69, 9.17) is 4.74 Å². The van der Waals surface area contributed by atoms with Gasteiger partial charge in [-0.3, -0.25) is 4.79 Å². The maximum absolute atomic E-state index is 14.2. The van der Waals surface area contributed by atoms with Crippen LogP contribution in [-0.2, 0) is 26.0 Å². The number of hydrogen-bond acceptors (Lipinski definition) is 4. The van der Waals surface area contributed by atoms with Crippen LogP contribution in [0.2, 0.25) is 0 Å². The van der Waals surface area contributed by atoms with Crippen molar-refractivity contribution in [1.29, 1.82) is 0 Å². The van der Waals surface area contributed by atoms with E-state index in [1.165, 1.54) is 16.4 Å². The van der Waals surface area contributed by atoms with Crippen molar-refractivity contribution in [3.05, 3.63) is 58.9 Å². The van der Waals surface area contributed by atoms with E-state index < -0.39 is 20.7 Å². The van der Waals surface area contributed by atoms with E-state index in [1.807, 2.05) is 32.0 Å². The summed E-state index contributed by atoms with van der Waals surface area (Å²) in [5.41, 5.74) is 3.32. The Bertz CT molecular complexity index is 986. The van der Waals surface area contributed by atoms with Gasteiger partial charge in [-0.1, -0.05) is 18.2 Å². The van der Waals surface area contributed by atoms with Gasteiger partial charge < -0.3 is 10.1 Å². The number of anilines is 1. The minimum Gasteiger partial charge on any atom is -0.379 e. The molecule has 0 aromatic heterocycles. The number of nitrogens with zero attached hydrogens (tertiary/aromatic N) is 1. The molecule has 6 nitrogen and oxygen atoms in total. The van der Waals surface area contributed by atoms with E-state index in [1.54, 1.807) is 0 Å². The van der Waals surface area contributed by atoms with Gasteiger partial charge in [-0.2, -0.15) is 4.31 Å². The van der Waals surface area contributed by atoms with Crippen molar-refractivity contribution in [2.24, 2.45) is 0 Å². The van der Waals surface area contributed by atoms with Crippen molar-refractivity contribution in [3.63, 3.8) is 0 Å². The maximum Gasteiger partial charge on any atom is 0.246 e. The second kappa shape index (κ2) is 8.38. The number of ether oxygens (including phenoxy) is 1. The third-order valence-corrected chi connectivity index (χ3v) is 6.65. The van der Waals surface area contributed by atoms with Crippen molar-refractivity contribution in [1.82, 2.24) is 4.31 Å². The summed E-state index contributed by atoms with van der Waals surface area (Å²) < 4.78 is 46.0. The molecule has 1 amide bonds. The lowest BCUT2D eigenvalue weighted by molar-refractivity contribution is -0.115. The van der Waals surface area contributed by atoms with Crippen LogP contribution in [0, 0.1) is 19.7 Å². The minimum atomic E-state index is -3.99. The molecular formula is C20H23FN2O4S. The first-order chi connectivity index (χ1) is 13.3. The van der Waals surface area contributed by atoms with Crippen LogP contribution in [0.4, 0.5) is 10.1 Å². The highest BCUT2D eigenvalue weighted by Gasteiger charge is 2.29. The lowest BCUT2D eigenvalue weighted by Crippen LogP contribution is -2.40. The summed E-state index contributed by atoms with van der Waals surface area (Å²) in [6.07, 6.45) is 0.143. The molecule has 8 heteroatoms. The molecule has 0 aliphatic carbocycles. The molecule has 1 heterocycles. The number of halogens is 1. The Morgan fingerprint density at radius 2 is 1.82 bits per heavy atom. The molecule has 150 valence electrons. The summed E-state index contributed by atoms with van der Waals surface area (Å²) in [5, 5.41) is 2.65. The second-order valence-electron chi connectivity index (χ2n) is 6.81. The second-order valence-corrected chi connectivity index (χ2v) is 8.71. The van der Waals surface area contributed by atoms with Crippen molar-refractivity contribution in [2.45, 2.75) is 25.2 Å². The van der Waals surface area contributed by atoms with E-state index in [9.17, 15) is 17.6 Å². The van der Waals surface area contributed by atoms with Crippen molar-refractivity contribution in [2.75, 3.05) is 31.6 Å². The third-order valence-electron chi connectivity index (χ3n) is 4.74. The number of benzene rings is 2. The standard InChI is InChI=1S/C20H23FN2O4S/c1-14-3-4-16(11-15(14)2)12-20(24)22-17-5-6-18(21)19(13-17)28(25,26)23-7-9-27-10-8-23/h3-6,11,13H,7-10,12H2,1-2H3,(H,22,24). The number of sulfonamides is 1. The Morgan fingerprint density at radius 3 is 2.50 bits per heavy atom. The van der Waals surface area contributed by atoms with Gasteiger partial charge >= 0.3 is 0 Å². The molecule has 1 N–H and O–H groups in total. The third kappa shape index (κ3) is 4.57. The van der Waals surface area contributed by atoms with E-state index >= 15 is 0 Å². The fourth-order valence-corrected chi connectivity index (χ4v) is 4.51. The number of hydrogen-bond donors (Lipinski definition) is 1. The van der Waals surface area contributed by atoms with Gasteiger partial charge in [-0.15, -0.1) is 0 Å². The zero-order valence-electron chi connectivity index (χ0n) is 15.9. The quantitative estimate of drug-likeness (QED) is 0.828. The first-order valence-electron chi connectivity index (χ1n) is 9.01. The Kier molecular flexibility index (Phi) is 6.12. The average Bonchev–Trinajstić information content (AvgIpc) is 2.67. The topological polar surface area (TPSA) is 75.7 Å². The van der Waals surface area contributed by atoms with E-state index in [0.29, 0.717) is 0 Å². The molecule has 28 heavy (non-hydrogen) atoms. The highest BCUT2D eigenvalue weighted by Crippen LogP contribution is 2.24. The van der Waals surface area contributed by atoms with Gasteiger partial charge in [0.15, 0.2) is 0 Å².